The van der Waals surface area contributed by atoms with Gasteiger partial charge in [-0.2, -0.15) is 4.31 Å². The fraction of sp³-hybridized carbons (Fsp3) is 0.538. The topological polar surface area (TPSA) is 63.4 Å². The van der Waals surface area contributed by atoms with Gasteiger partial charge in [0.15, 0.2) is 0 Å². The fourth-order valence-electron chi connectivity index (χ4n) is 2.40. The predicted octanol–water partition coefficient (Wildman–Crippen LogP) is 2.51. The van der Waals surface area contributed by atoms with Crippen LogP contribution in [0.1, 0.15) is 19.8 Å². The zero-order valence-corrected chi connectivity index (χ0v) is 13.7. The molecule has 0 radical (unpaired) electrons. The lowest BCUT2D eigenvalue weighted by atomic mass is 9.93. The van der Waals surface area contributed by atoms with Crippen molar-refractivity contribution in [1.29, 1.82) is 0 Å². The van der Waals surface area contributed by atoms with Crippen LogP contribution in [0.2, 0.25) is 5.02 Å². The molecular formula is C13H20Cl2N2O2S. The average molecular weight is 339 g/mol. The summed E-state index contributed by atoms with van der Waals surface area (Å²) in [4.78, 5) is 0.255. The molecule has 4 nitrogen and oxygen atoms in total. The van der Waals surface area contributed by atoms with E-state index in [9.17, 15) is 8.42 Å². The SMILES string of the molecule is CC(N)C1CCCN(S(=O)(=O)c2cccc(Cl)c2)C1.Cl. The number of rotatable bonds is 3. The van der Waals surface area contributed by atoms with Gasteiger partial charge in [0.2, 0.25) is 10.0 Å². The van der Waals surface area contributed by atoms with E-state index in [1.165, 1.54) is 10.4 Å². The van der Waals surface area contributed by atoms with Crippen molar-refractivity contribution in [3.8, 4) is 0 Å². The van der Waals surface area contributed by atoms with Crippen LogP contribution in [0.5, 0.6) is 0 Å². The lowest BCUT2D eigenvalue weighted by molar-refractivity contribution is 0.243. The average Bonchev–Trinajstić information content (AvgIpc) is 2.39. The molecule has 2 atom stereocenters. The van der Waals surface area contributed by atoms with E-state index in [2.05, 4.69) is 0 Å². The Hall–Kier alpha value is -0.330. The van der Waals surface area contributed by atoms with Crippen molar-refractivity contribution < 1.29 is 8.42 Å². The van der Waals surface area contributed by atoms with Crippen LogP contribution in [0.4, 0.5) is 0 Å². The number of hydrogen-bond acceptors (Lipinski definition) is 3. The van der Waals surface area contributed by atoms with Gasteiger partial charge in [0.1, 0.15) is 0 Å². The van der Waals surface area contributed by atoms with Gasteiger partial charge >= 0.3 is 0 Å². The third-order valence-corrected chi connectivity index (χ3v) is 5.69. The molecule has 0 aliphatic carbocycles. The predicted molar refractivity (Wildman–Crippen MR) is 83.8 cm³/mol. The third kappa shape index (κ3) is 3.86. The first-order valence-electron chi connectivity index (χ1n) is 6.42. The van der Waals surface area contributed by atoms with Crippen LogP contribution in [-0.4, -0.2) is 31.9 Å². The summed E-state index contributed by atoms with van der Waals surface area (Å²) in [5, 5.41) is 0.432. The van der Waals surface area contributed by atoms with E-state index in [1.54, 1.807) is 18.2 Å². The Balaban J connectivity index is 0.00000200. The summed E-state index contributed by atoms with van der Waals surface area (Å²) in [5.74, 6) is 0.225. The summed E-state index contributed by atoms with van der Waals surface area (Å²) in [6, 6.07) is 6.41. The maximum atomic E-state index is 12.5. The Morgan fingerprint density at radius 1 is 1.45 bits per heavy atom. The molecule has 1 aromatic carbocycles. The highest BCUT2D eigenvalue weighted by atomic mass is 35.5. The molecule has 114 valence electrons. The van der Waals surface area contributed by atoms with Gasteiger partial charge < -0.3 is 5.73 Å². The molecule has 0 bridgehead atoms. The highest BCUT2D eigenvalue weighted by Gasteiger charge is 2.31. The highest BCUT2D eigenvalue weighted by molar-refractivity contribution is 7.89. The largest absolute Gasteiger partial charge is 0.328 e. The molecular weight excluding hydrogens is 319 g/mol. The van der Waals surface area contributed by atoms with Crippen molar-refractivity contribution in [3.63, 3.8) is 0 Å². The quantitative estimate of drug-likeness (QED) is 0.920. The molecule has 0 amide bonds. The number of hydrogen-bond donors (Lipinski definition) is 1. The second kappa shape index (κ2) is 7.09. The molecule has 1 aliphatic rings. The molecule has 1 fully saturated rings. The molecule has 1 aliphatic heterocycles. The summed E-state index contributed by atoms with van der Waals surface area (Å²) in [7, 11) is -3.46. The zero-order chi connectivity index (χ0) is 14.0. The lowest BCUT2D eigenvalue weighted by Gasteiger charge is -2.33. The van der Waals surface area contributed by atoms with E-state index in [0.29, 0.717) is 18.1 Å². The van der Waals surface area contributed by atoms with Gasteiger partial charge in [0.25, 0.3) is 0 Å². The molecule has 20 heavy (non-hydrogen) atoms. The molecule has 2 unspecified atom stereocenters. The summed E-state index contributed by atoms with van der Waals surface area (Å²) >= 11 is 5.87. The van der Waals surface area contributed by atoms with Gasteiger partial charge in [-0.1, -0.05) is 17.7 Å². The first-order valence-corrected chi connectivity index (χ1v) is 8.24. The number of benzene rings is 1. The molecule has 1 aromatic rings. The summed E-state index contributed by atoms with van der Waals surface area (Å²) < 4.78 is 26.6. The van der Waals surface area contributed by atoms with Crippen molar-refractivity contribution in [2.24, 2.45) is 11.7 Å². The standard InChI is InChI=1S/C13H19ClN2O2S.ClH/c1-10(15)11-4-3-7-16(9-11)19(17,18)13-6-2-5-12(14)8-13;/h2,5-6,8,10-11H,3-4,7,9,15H2,1H3;1H. The number of nitrogens with zero attached hydrogens (tertiary/aromatic N) is 1. The second-order valence-corrected chi connectivity index (χ2v) is 7.46. The van der Waals surface area contributed by atoms with Crippen molar-refractivity contribution in [3.05, 3.63) is 29.3 Å². The van der Waals surface area contributed by atoms with Gasteiger partial charge in [0, 0.05) is 24.2 Å². The first kappa shape index (κ1) is 17.7. The van der Waals surface area contributed by atoms with Crippen LogP contribution >= 0.6 is 24.0 Å². The van der Waals surface area contributed by atoms with Gasteiger partial charge in [-0.3, -0.25) is 0 Å². The normalized spacial score (nSPS) is 22.1. The highest BCUT2D eigenvalue weighted by Crippen LogP contribution is 2.26. The third-order valence-electron chi connectivity index (χ3n) is 3.60. The Labute approximate surface area is 131 Å². The minimum absolute atomic E-state index is 0. The van der Waals surface area contributed by atoms with Crippen LogP contribution in [-0.2, 0) is 10.0 Å². The number of nitrogens with two attached hydrogens (primary N) is 1. The molecule has 7 heteroatoms. The molecule has 0 saturated carbocycles. The van der Waals surface area contributed by atoms with Crippen LogP contribution in [0.3, 0.4) is 0 Å². The Kier molecular flexibility index (Phi) is 6.28. The summed E-state index contributed by atoms with van der Waals surface area (Å²) in [6.45, 7) is 2.98. The van der Waals surface area contributed by atoms with Crippen molar-refractivity contribution in [2.45, 2.75) is 30.7 Å². The van der Waals surface area contributed by atoms with Gasteiger partial charge in [-0.25, -0.2) is 8.42 Å². The zero-order valence-electron chi connectivity index (χ0n) is 11.3. The van der Waals surface area contributed by atoms with E-state index in [0.717, 1.165) is 12.8 Å². The number of sulfonamides is 1. The van der Waals surface area contributed by atoms with E-state index in [1.807, 2.05) is 6.92 Å². The maximum absolute atomic E-state index is 12.5. The number of halogens is 2. The second-order valence-electron chi connectivity index (χ2n) is 5.08. The van der Waals surface area contributed by atoms with E-state index in [4.69, 9.17) is 17.3 Å². The minimum Gasteiger partial charge on any atom is -0.328 e. The number of piperidine rings is 1. The van der Waals surface area contributed by atoms with Gasteiger partial charge in [-0.15, -0.1) is 12.4 Å². The maximum Gasteiger partial charge on any atom is 0.243 e. The van der Waals surface area contributed by atoms with Gasteiger partial charge in [-0.05, 0) is 43.9 Å². The minimum atomic E-state index is -3.46. The molecule has 2 rings (SSSR count). The summed E-state index contributed by atoms with van der Waals surface area (Å²) in [5.41, 5.74) is 5.89. The Morgan fingerprint density at radius 2 is 2.15 bits per heavy atom. The van der Waals surface area contributed by atoms with Crippen LogP contribution in [0, 0.1) is 5.92 Å². The van der Waals surface area contributed by atoms with Crippen LogP contribution in [0.25, 0.3) is 0 Å². The summed E-state index contributed by atoms with van der Waals surface area (Å²) in [6.07, 6.45) is 1.84. The van der Waals surface area contributed by atoms with Crippen molar-refractivity contribution >= 4 is 34.0 Å². The van der Waals surface area contributed by atoms with Gasteiger partial charge in [0.05, 0.1) is 4.90 Å². The van der Waals surface area contributed by atoms with Crippen molar-refractivity contribution in [2.75, 3.05) is 13.1 Å². The van der Waals surface area contributed by atoms with Crippen LogP contribution < -0.4 is 5.73 Å². The van der Waals surface area contributed by atoms with Crippen molar-refractivity contribution in [1.82, 2.24) is 4.31 Å². The van der Waals surface area contributed by atoms with E-state index >= 15 is 0 Å². The van der Waals surface area contributed by atoms with E-state index < -0.39 is 10.0 Å². The molecule has 1 heterocycles. The molecule has 0 aromatic heterocycles. The van der Waals surface area contributed by atoms with E-state index in [-0.39, 0.29) is 29.3 Å². The molecule has 1 saturated heterocycles. The fourth-order valence-corrected chi connectivity index (χ4v) is 4.23. The monoisotopic (exact) mass is 338 g/mol. The molecule has 0 spiro atoms. The van der Waals surface area contributed by atoms with Crippen LogP contribution in [0.15, 0.2) is 29.2 Å². The smallest absolute Gasteiger partial charge is 0.243 e. The Morgan fingerprint density at radius 3 is 2.75 bits per heavy atom. The Bertz CT molecular complexity index is 549. The lowest BCUT2D eigenvalue weighted by Crippen LogP contribution is -2.44. The first-order chi connectivity index (χ1) is 8.91. The molecule has 2 N–H and O–H groups in total.